The minimum Gasteiger partial charge on any atom is -0.381 e. The summed E-state index contributed by atoms with van der Waals surface area (Å²) >= 11 is 3.44. The molecule has 16 heavy (non-hydrogen) atoms. The maximum atomic E-state index is 11.8. The molecule has 4 heteroatoms. The highest BCUT2D eigenvalue weighted by atomic mass is 79.9. The van der Waals surface area contributed by atoms with Crippen molar-refractivity contribution in [3.05, 3.63) is 0 Å². The van der Waals surface area contributed by atoms with E-state index in [9.17, 15) is 4.79 Å². The number of ether oxygens (including phenoxy) is 1. The Morgan fingerprint density at radius 1 is 1.56 bits per heavy atom. The van der Waals surface area contributed by atoms with Gasteiger partial charge in [-0.15, -0.1) is 0 Å². The summed E-state index contributed by atoms with van der Waals surface area (Å²) in [6, 6.07) is 0. The molecule has 0 aliphatic carbocycles. The first kappa shape index (κ1) is 14.0. The fourth-order valence-corrected chi connectivity index (χ4v) is 2.84. The van der Waals surface area contributed by atoms with Crippen molar-refractivity contribution in [2.24, 2.45) is 11.3 Å². The van der Waals surface area contributed by atoms with Crippen LogP contribution in [0.15, 0.2) is 0 Å². The molecule has 0 spiro atoms. The number of carbonyl (C=O) groups excluding carboxylic acids is 1. The van der Waals surface area contributed by atoms with Crippen molar-refractivity contribution in [1.29, 1.82) is 0 Å². The molecule has 1 unspecified atom stereocenters. The van der Waals surface area contributed by atoms with E-state index in [1.807, 2.05) is 0 Å². The first-order valence-corrected chi connectivity index (χ1v) is 7.09. The van der Waals surface area contributed by atoms with Crippen LogP contribution in [-0.2, 0) is 9.53 Å². The second kappa shape index (κ2) is 6.60. The first-order valence-electron chi connectivity index (χ1n) is 5.96. The molecule has 3 nitrogen and oxygen atoms in total. The molecule has 1 heterocycles. The highest BCUT2D eigenvalue weighted by Crippen LogP contribution is 2.20. The van der Waals surface area contributed by atoms with E-state index in [1.54, 1.807) is 0 Å². The second-order valence-electron chi connectivity index (χ2n) is 5.24. The summed E-state index contributed by atoms with van der Waals surface area (Å²) in [5.41, 5.74) is 0.161. The molecule has 0 bridgehead atoms. The smallest absolute Gasteiger partial charge is 0.225 e. The lowest BCUT2D eigenvalue weighted by Crippen LogP contribution is -2.40. The Labute approximate surface area is 106 Å². The van der Waals surface area contributed by atoms with E-state index in [1.165, 1.54) is 0 Å². The molecule has 0 radical (unpaired) electrons. The predicted octanol–water partition coefficient (Wildman–Crippen LogP) is 2.34. The molecular weight excluding hydrogens is 270 g/mol. The Balaban J connectivity index is 2.28. The lowest BCUT2D eigenvalue weighted by Gasteiger charge is -2.27. The van der Waals surface area contributed by atoms with Gasteiger partial charge in [0.05, 0.1) is 12.5 Å². The minimum absolute atomic E-state index is 0.0634. The first-order chi connectivity index (χ1) is 7.55. The van der Waals surface area contributed by atoms with Crippen molar-refractivity contribution in [2.45, 2.75) is 33.1 Å². The fourth-order valence-electron chi connectivity index (χ4n) is 1.76. The molecule has 0 saturated carbocycles. The molecule has 1 aliphatic heterocycles. The number of hydrogen-bond acceptors (Lipinski definition) is 2. The normalized spacial score (nSPS) is 21.8. The summed E-state index contributed by atoms with van der Waals surface area (Å²) in [6.07, 6.45) is 3.03. The summed E-state index contributed by atoms with van der Waals surface area (Å²) in [5, 5.41) is 4.01. The summed E-state index contributed by atoms with van der Waals surface area (Å²) in [7, 11) is 0. The van der Waals surface area contributed by atoms with Crippen LogP contribution in [0.5, 0.6) is 0 Å². The number of hydrogen-bond donors (Lipinski definition) is 1. The van der Waals surface area contributed by atoms with E-state index < -0.39 is 0 Å². The maximum absolute atomic E-state index is 11.8. The van der Waals surface area contributed by atoms with Crippen LogP contribution < -0.4 is 5.32 Å². The molecule has 1 saturated heterocycles. The van der Waals surface area contributed by atoms with Gasteiger partial charge in [0.15, 0.2) is 0 Å². The van der Waals surface area contributed by atoms with Crippen LogP contribution in [0.1, 0.15) is 33.1 Å². The van der Waals surface area contributed by atoms with Crippen LogP contribution >= 0.6 is 15.9 Å². The van der Waals surface area contributed by atoms with Crippen LogP contribution in [0.25, 0.3) is 0 Å². The van der Waals surface area contributed by atoms with Crippen molar-refractivity contribution in [1.82, 2.24) is 5.32 Å². The highest BCUT2D eigenvalue weighted by Gasteiger charge is 2.24. The van der Waals surface area contributed by atoms with Crippen molar-refractivity contribution in [3.8, 4) is 0 Å². The largest absolute Gasteiger partial charge is 0.381 e. The van der Waals surface area contributed by atoms with Gasteiger partial charge in [0.2, 0.25) is 5.91 Å². The Hall–Kier alpha value is -0.0900. The second-order valence-corrected chi connectivity index (χ2v) is 6.03. The highest BCUT2D eigenvalue weighted by molar-refractivity contribution is 9.09. The minimum atomic E-state index is 0.0634. The van der Waals surface area contributed by atoms with E-state index >= 15 is 0 Å². The third-order valence-corrected chi connectivity index (χ3v) is 3.44. The number of amides is 1. The Morgan fingerprint density at radius 3 is 2.88 bits per heavy atom. The molecule has 0 aromatic rings. The third kappa shape index (κ3) is 4.83. The molecular formula is C12H22BrNO2. The van der Waals surface area contributed by atoms with Crippen LogP contribution in [0, 0.1) is 11.3 Å². The van der Waals surface area contributed by atoms with Gasteiger partial charge in [-0.2, -0.15) is 0 Å². The van der Waals surface area contributed by atoms with Crippen molar-refractivity contribution in [3.63, 3.8) is 0 Å². The standard InChI is InChI=1S/C12H22BrNO2/c1-12(2,5-6-13)9-14-11(15)10-4-3-7-16-8-10/h10H,3-9H2,1-2H3,(H,14,15). The lowest BCUT2D eigenvalue weighted by atomic mass is 9.90. The molecule has 1 rings (SSSR count). The molecule has 0 aromatic carbocycles. The SMILES string of the molecule is CC(C)(CCBr)CNC(=O)C1CCCOC1. The Morgan fingerprint density at radius 2 is 2.31 bits per heavy atom. The van der Waals surface area contributed by atoms with Crippen LogP contribution in [0.3, 0.4) is 0 Å². The van der Waals surface area contributed by atoms with Gasteiger partial charge >= 0.3 is 0 Å². The van der Waals surface area contributed by atoms with Gasteiger partial charge in [-0.3, -0.25) is 4.79 Å². The molecule has 1 N–H and O–H groups in total. The van der Waals surface area contributed by atoms with E-state index in [4.69, 9.17) is 4.74 Å². The number of carbonyl (C=O) groups is 1. The average molecular weight is 292 g/mol. The number of rotatable bonds is 5. The quantitative estimate of drug-likeness (QED) is 0.790. The van der Waals surface area contributed by atoms with Crippen LogP contribution in [-0.4, -0.2) is 31.0 Å². The van der Waals surface area contributed by atoms with Crippen LogP contribution in [0.2, 0.25) is 0 Å². The molecule has 1 atom stereocenters. The van der Waals surface area contributed by atoms with E-state index in [0.29, 0.717) is 6.61 Å². The third-order valence-electron chi connectivity index (χ3n) is 3.04. The van der Waals surface area contributed by atoms with Crippen molar-refractivity contribution < 1.29 is 9.53 Å². The van der Waals surface area contributed by atoms with Crippen molar-refractivity contribution in [2.75, 3.05) is 25.1 Å². The van der Waals surface area contributed by atoms with Gasteiger partial charge in [0.25, 0.3) is 0 Å². The summed E-state index contributed by atoms with van der Waals surface area (Å²) < 4.78 is 5.31. The topological polar surface area (TPSA) is 38.3 Å². The Bertz CT molecular complexity index is 225. The molecule has 94 valence electrons. The summed E-state index contributed by atoms with van der Waals surface area (Å²) in [6.45, 7) is 6.48. The van der Waals surface area contributed by atoms with Gasteiger partial charge < -0.3 is 10.1 Å². The van der Waals surface area contributed by atoms with Crippen molar-refractivity contribution >= 4 is 21.8 Å². The van der Waals surface area contributed by atoms with Gasteiger partial charge in [-0.25, -0.2) is 0 Å². The molecule has 0 aromatic heterocycles. The number of alkyl halides is 1. The number of halogens is 1. The van der Waals surface area contributed by atoms with E-state index in [-0.39, 0.29) is 17.2 Å². The van der Waals surface area contributed by atoms with Gasteiger partial charge in [0, 0.05) is 18.5 Å². The zero-order chi connectivity index (χ0) is 12.0. The van der Waals surface area contributed by atoms with E-state index in [2.05, 4.69) is 35.1 Å². The maximum Gasteiger partial charge on any atom is 0.225 e. The van der Waals surface area contributed by atoms with Gasteiger partial charge in [-0.05, 0) is 24.7 Å². The number of nitrogens with one attached hydrogen (secondary N) is 1. The predicted molar refractivity (Wildman–Crippen MR) is 68.7 cm³/mol. The Kier molecular flexibility index (Phi) is 5.76. The summed E-state index contributed by atoms with van der Waals surface area (Å²) in [4.78, 5) is 11.8. The zero-order valence-electron chi connectivity index (χ0n) is 10.2. The molecule has 1 amide bonds. The van der Waals surface area contributed by atoms with Crippen LogP contribution in [0.4, 0.5) is 0 Å². The van der Waals surface area contributed by atoms with E-state index in [0.717, 1.165) is 37.7 Å². The summed E-state index contributed by atoms with van der Waals surface area (Å²) in [5.74, 6) is 0.218. The van der Waals surface area contributed by atoms with Gasteiger partial charge in [0.1, 0.15) is 0 Å². The monoisotopic (exact) mass is 291 g/mol. The molecule has 1 aliphatic rings. The molecule has 1 fully saturated rings. The fraction of sp³-hybridized carbons (Fsp3) is 0.917. The van der Waals surface area contributed by atoms with Gasteiger partial charge in [-0.1, -0.05) is 29.8 Å². The lowest BCUT2D eigenvalue weighted by molar-refractivity contribution is -0.129. The average Bonchev–Trinajstić information content (AvgIpc) is 2.27. The zero-order valence-corrected chi connectivity index (χ0v) is 11.8.